The number of hydrogen-bond donors (Lipinski definition) is 1. The number of thiocarbonyl (C=S) groups is 1. The predicted octanol–water partition coefficient (Wildman–Crippen LogP) is 4.33. The third-order valence-electron chi connectivity index (χ3n) is 4.52. The quantitative estimate of drug-likeness (QED) is 0.710. The van der Waals surface area contributed by atoms with Crippen LogP contribution in [-0.2, 0) is 0 Å². The second kappa shape index (κ2) is 6.69. The molecule has 0 saturated carbocycles. The Morgan fingerprint density at radius 3 is 2.60 bits per heavy atom. The zero-order chi connectivity index (χ0) is 17.2. The summed E-state index contributed by atoms with van der Waals surface area (Å²) in [6, 6.07) is 20.1. The van der Waals surface area contributed by atoms with Crippen molar-refractivity contribution >= 4 is 17.3 Å². The Morgan fingerprint density at radius 1 is 1.08 bits per heavy atom. The van der Waals surface area contributed by atoms with Gasteiger partial charge in [0.25, 0.3) is 0 Å². The van der Waals surface area contributed by atoms with Crippen LogP contribution in [0.4, 0.5) is 0 Å². The Kier molecular flexibility index (Phi) is 4.24. The van der Waals surface area contributed by atoms with E-state index in [1.807, 2.05) is 66.9 Å². The van der Waals surface area contributed by atoms with Crippen molar-refractivity contribution in [2.24, 2.45) is 0 Å². The molecule has 25 heavy (non-hydrogen) atoms. The molecular weight excluding hydrogens is 330 g/mol. The maximum absolute atomic E-state index is 6.22. The van der Waals surface area contributed by atoms with Crippen LogP contribution in [-0.4, -0.2) is 21.5 Å². The smallest absolute Gasteiger partial charge is 0.170 e. The summed E-state index contributed by atoms with van der Waals surface area (Å²) in [6.07, 6.45) is 1.81. The molecule has 1 fully saturated rings. The maximum atomic E-state index is 6.22. The van der Waals surface area contributed by atoms with Gasteiger partial charge in [0, 0.05) is 18.3 Å². The molecule has 3 heterocycles. The molecule has 4 rings (SSSR count). The Balaban J connectivity index is 1.73. The van der Waals surface area contributed by atoms with E-state index in [4.69, 9.17) is 16.6 Å². The summed E-state index contributed by atoms with van der Waals surface area (Å²) in [5.74, 6) is 1.76. The number of aromatic nitrogens is 1. The molecule has 2 atom stereocenters. The molecule has 2 aromatic heterocycles. The molecule has 4 nitrogen and oxygen atoms in total. The Morgan fingerprint density at radius 2 is 1.88 bits per heavy atom. The van der Waals surface area contributed by atoms with E-state index in [0.717, 1.165) is 34.4 Å². The number of rotatable bonds is 4. The van der Waals surface area contributed by atoms with Crippen LogP contribution in [0.25, 0.3) is 11.3 Å². The molecule has 0 amide bonds. The van der Waals surface area contributed by atoms with Crippen molar-refractivity contribution in [3.05, 3.63) is 78.3 Å². The fourth-order valence-electron chi connectivity index (χ4n) is 3.32. The molecule has 1 aliphatic rings. The first-order chi connectivity index (χ1) is 12.3. The summed E-state index contributed by atoms with van der Waals surface area (Å²) >= 11 is 5.54. The van der Waals surface area contributed by atoms with Gasteiger partial charge in [-0.3, -0.25) is 4.98 Å². The van der Waals surface area contributed by atoms with E-state index in [9.17, 15) is 0 Å². The van der Waals surface area contributed by atoms with E-state index in [1.54, 1.807) is 0 Å². The molecule has 0 aliphatic carbocycles. The van der Waals surface area contributed by atoms with Crippen LogP contribution < -0.4 is 5.32 Å². The van der Waals surface area contributed by atoms with E-state index in [0.29, 0.717) is 0 Å². The van der Waals surface area contributed by atoms with Gasteiger partial charge in [0.15, 0.2) is 5.11 Å². The highest BCUT2D eigenvalue weighted by Gasteiger charge is 2.40. The number of nitrogens with one attached hydrogen (secondary N) is 1. The van der Waals surface area contributed by atoms with Crippen LogP contribution in [0.5, 0.6) is 0 Å². The Bertz CT molecular complexity index is 863. The number of hydrogen-bond acceptors (Lipinski definition) is 3. The maximum Gasteiger partial charge on any atom is 0.170 e. The minimum atomic E-state index is -0.0246. The van der Waals surface area contributed by atoms with Crippen molar-refractivity contribution < 1.29 is 4.42 Å². The highest BCUT2D eigenvalue weighted by Crippen LogP contribution is 2.40. The van der Waals surface area contributed by atoms with Crippen molar-refractivity contribution in [2.45, 2.75) is 19.0 Å². The summed E-state index contributed by atoms with van der Waals surface area (Å²) in [5, 5.41) is 4.14. The van der Waals surface area contributed by atoms with Crippen LogP contribution in [0.2, 0.25) is 0 Å². The third kappa shape index (κ3) is 2.91. The van der Waals surface area contributed by atoms with E-state index in [1.165, 1.54) is 0 Å². The monoisotopic (exact) mass is 349 g/mol. The molecule has 3 aromatic rings. The first kappa shape index (κ1) is 15.8. The van der Waals surface area contributed by atoms with E-state index in [2.05, 4.69) is 22.1 Å². The number of likely N-dealkylation sites (N-methyl/N-ethyl adjacent to an activating group) is 1. The summed E-state index contributed by atoms with van der Waals surface area (Å²) < 4.78 is 6.22. The van der Waals surface area contributed by atoms with Gasteiger partial charge < -0.3 is 14.6 Å². The highest BCUT2D eigenvalue weighted by atomic mass is 32.1. The summed E-state index contributed by atoms with van der Waals surface area (Å²) in [6.45, 7) is 2.91. The Labute approximate surface area is 152 Å². The molecule has 1 saturated heterocycles. The van der Waals surface area contributed by atoms with Crippen molar-refractivity contribution in [3.8, 4) is 11.3 Å². The van der Waals surface area contributed by atoms with Crippen LogP contribution in [0.15, 0.2) is 71.3 Å². The van der Waals surface area contributed by atoms with Gasteiger partial charge in [-0.2, -0.15) is 0 Å². The molecule has 0 unspecified atom stereocenters. The number of furan rings is 1. The largest absolute Gasteiger partial charge is 0.459 e. The zero-order valence-electron chi connectivity index (χ0n) is 13.9. The lowest BCUT2D eigenvalue weighted by atomic mass is 10.0. The van der Waals surface area contributed by atoms with Gasteiger partial charge in [-0.05, 0) is 43.4 Å². The SMILES string of the molecule is CCN1C(=S)N[C@H](c2ccccn2)[C@@H]1c1ccc(-c2ccccc2)o1. The average molecular weight is 349 g/mol. The van der Waals surface area contributed by atoms with Crippen molar-refractivity contribution in [1.82, 2.24) is 15.2 Å². The lowest BCUT2D eigenvalue weighted by molar-refractivity contribution is 0.284. The molecule has 1 aliphatic heterocycles. The predicted molar refractivity (Wildman–Crippen MR) is 102 cm³/mol. The fourth-order valence-corrected chi connectivity index (χ4v) is 3.69. The second-order valence-corrected chi connectivity index (χ2v) is 6.37. The van der Waals surface area contributed by atoms with Crippen molar-refractivity contribution in [1.29, 1.82) is 0 Å². The molecule has 1 N–H and O–H groups in total. The van der Waals surface area contributed by atoms with Crippen LogP contribution in [0.1, 0.15) is 30.5 Å². The standard InChI is InChI=1S/C20H19N3OS/c1-2-23-19(18(22-20(23)25)15-10-6-7-13-21-15)17-12-11-16(24-17)14-8-4-3-5-9-14/h3-13,18-19H,2H2,1H3,(H,22,25)/t18-,19+/m1/s1. The van der Waals surface area contributed by atoms with Crippen LogP contribution in [0, 0.1) is 0 Å². The van der Waals surface area contributed by atoms with Crippen molar-refractivity contribution in [3.63, 3.8) is 0 Å². The number of pyridine rings is 1. The van der Waals surface area contributed by atoms with E-state index in [-0.39, 0.29) is 12.1 Å². The number of benzene rings is 1. The van der Waals surface area contributed by atoms with Crippen LogP contribution >= 0.6 is 12.2 Å². The third-order valence-corrected chi connectivity index (χ3v) is 4.87. The normalized spacial score (nSPS) is 19.9. The van der Waals surface area contributed by atoms with Crippen molar-refractivity contribution in [2.75, 3.05) is 6.54 Å². The average Bonchev–Trinajstić information content (AvgIpc) is 3.27. The Hall–Kier alpha value is -2.66. The minimum absolute atomic E-state index is 0.00939. The van der Waals surface area contributed by atoms with Gasteiger partial charge in [-0.15, -0.1) is 0 Å². The molecule has 5 heteroatoms. The van der Waals surface area contributed by atoms with Gasteiger partial charge in [-0.25, -0.2) is 0 Å². The second-order valence-electron chi connectivity index (χ2n) is 5.98. The van der Waals surface area contributed by atoms with E-state index < -0.39 is 0 Å². The molecule has 126 valence electrons. The first-order valence-electron chi connectivity index (χ1n) is 8.41. The van der Waals surface area contributed by atoms with Gasteiger partial charge >= 0.3 is 0 Å². The number of nitrogens with zero attached hydrogens (tertiary/aromatic N) is 2. The zero-order valence-corrected chi connectivity index (χ0v) is 14.7. The summed E-state index contributed by atoms with van der Waals surface area (Å²) in [7, 11) is 0. The van der Waals surface area contributed by atoms with Gasteiger partial charge in [0.1, 0.15) is 17.6 Å². The van der Waals surface area contributed by atoms with Crippen LogP contribution in [0.3, 0.4) is 0 Å². The summed E-state index contributed by atoms with van der Waals surface area (Å²) in [4.78, 5) is 6.67. The minimum Gasteiger partial charge on any atom is -0.459 e. The topological polar surface area (TPSA) is 41.3 Å². The lowest BCUT2D eigenvalue weighted by Gasteiger charge is -2.24. The fraction of sp³-hybridized carbons (Fsp3) is 0.200. The molecular formula is C20H19N3OS. The molecule has 0 spiro atoms. The molecule has 0 bridgehead atoms. The lowest BCUT2D eigenvalue weighted by Crippen LogP contribution is -2.29. The van der Waals surface area contributed by atoms with Gasteiger partial charge in [0.2, 0.25) is 0 Å². The highest BCUT2D eigenvalue weighted by molar-refractivity contribution is 7.80. The molecule has 0 radical (unpaired) electrons. The van der Waals surface area contributed by atoms with Gasteiger partial charge in [0.05, 0.1) is 11.7 Å². The van der Waals surface area contributed by atoms with Gasteiger partial charge in [-0.1, -0.05) is 36.4 Å². The molecule has 1 aromatic carbocycles. The van der Waals surface area contributed by atoms with E-state index >= 15 is 0 Å². The summed E-state index contributed by atoms with van der Waals surface area (Å²) in [5.41, 5.74) is 2.03. The first-order valence-corrected chi connectivity index (χ1v) is 8.82.